The van der Waals surface area contributed by atoms with Gasteiger partial charge in [0.15, 0.2) is 4.75 Å². The lowest BCUT2D eigenvalue weighted by molar-refractivity contribution is 0.559. The molecule has 1 aliphatic rings. The van der Waals surface area contributed by atoms with Crippen molar-refractivity contribution in [2.75, 3.05) is 6.54 Å². The third-order valence-corrected chi connectivity index (χ3v) is 5.79. The summed E-state index contributed by atoms with van der Waals surface area (Å²) in [5, 5.41) is 5.26. The van der Waals surface area contributed by atoms with Gasteiger partial charge in [-0.05, 0) is 22.0 Å². The molecule has 1 aliphatic heterocycles. The lowest BCUT2D eigenvalue weighted by Crippen LogP contribution is -2.46. The second-order valence-corrected chi connectivity index (χ2v) is 7.52. The lowest BCUT2D eigenvalue weighted by atomic mass is 9.97. The van der Waals surface area contributed by atoms with Crippen LogP contribution in [0.5, 0.6) is 0 Å². The van der Waals surface area contributed by atoms with E-state index in [4.69, 9.17) is 28.3 Å². The number of halogens is 3. The number of H-pyrrole nitrogens is 1. The van der Waals surface area contributed by atoms with Gasteiger partial charge in [0.25, 0.3) is 0 Å². The van der Waals surface area contributed by atoms with Crippen LogP contribution in [0.15, 0.2) is 32.7 Å². The van der Waals surface area contributed by atoms with E-state index >= 15 is 0 Å². The number of hydrogen-bond donors (Lipinski definition) is 2. The minimum absolute atomic E-state index is 0.0998. The van der Waals surface area contributed by atoms with Crippen LogP contribution in [0.2, 0.25) is 5.02 Å². The SMILES string of the molecule is NS(=O)(=O)C1(c2c[nH]cc(Cl)c2=O)C=C(Br)C(Cl)=NC1. The third kappa shape index (κ3) is 2.46. The van der Waals surface area contributed by atoms with Crippen LogP contribution < -0.4 is 10.6 Å². The maximum absolute atomic E-state index is 12.1. The van der Waals surface area contributed by atoms with E-state index in [1.165, 1.54) is 18.5 Å². The molecule has 108 valence electrons. The predicted molar refractivity (Wildman–Crippen MR) is 82.0 cm³/mol. The third-order valence-electron chi connectivity index (χ3n) is 2.87. The standard InChI is InChI=1S/C10H8BrCl2N3O3S/c11-6-1-10(20(14,18)19,4-16-9(6)13)5-2-15-3-7(12)8(5)17/h1-3H,4H2,(H,15,17)(H2,14,18,19). The Morgan fingerprint density at radius 3 is 2.60 bits per heavy atom. The van der Waals surface area contributed by atoms with Gasteiger partial charge >= 0.3 is 0 Å². The quantitative estimate of drug-likeness (QED) is 0.784. The lowest BCUT2D eigenvalue weighted by Gasteiger charge is -2.29. The van der Waals surface area contributed by atoms with Gasteiger partial charge in [-0.15, -0.1) is 0 Å². The van der Waals surface area contributed by atoms with Crippen molar-refractivity contribution >= 4 is 54.3 Å². The molecule has 2 heterocycles. The number of allylic oxidation sites excluding steroid dienone is 1. The number of nitrogens with zero attached hydrogens (tertiary/aromatic N) is 1. The fourth-order valence-electron chi connectivity index (χ4n) is 1.83. The Labute approximate surface area is 132 Å². The molecule has 0 saturated heterocycles. The van der Waals surface area contributed by atoms with Crippen LogP contribution >= 0.6 is 39.1 Å². The summed E-state index contributed by atoms with van der Waals surface area (Å²) in [6.07, 6.45) is 3.74. The van der Waals surface area contributed by atoms with Crippen molar-refractivity contribution < 1.29 is 8.42 Å². The Kier molecular flexibility index (Phi) is 4.14. The first-order chi connectivity index (χ1) is 9.19. The number of sulfonamides is 1. The van der Waals surface area contributed by atoms with E-state index in [1.54, 1.807) is 0 Å². The largest absolute Gasteiger partial charge is 0.366 e. The summed E-state index contributed by atoms with van der Waals surface area (Å²) < 4.78 is 22.5. The van der Waals surface area contributed by atoms with E-state index in [0.717, 1.165) is 0 Å². The topological polar surface area (TPSA) is 105 Å². The number of hydrogen-bond acceptors (Lipinski definition) is 4. The molecule has 6 nitrogen and oxygen atoms in total. The summed E-state index contributed by atoms with van der Waals surface area (Å²) in [5.41, 5.74) is -0.749. The molecular formula is C10H8BrCl2N3O3S. The molecule has 3 N–H and O–H groups in total. The Hall–Kier alpha value is -0.670. The van der Waals surface area contributed by atoms with Gasteiger partial charge in [-0.25, -0.2) is 13.6 Å². The normalized spacial score (nSPS) is 23.2. The molecule has 20 heavy (non-hydrogen) atoms. The predicted octanol–water partition coefficient (Wildman–Crippen LogP) is 1.44. The first-order valence-corrected chi connectivity index (χ1v) is 8.26. The number of nitrogens with one attached hydrogen (secondary N) is 1. The zero-order valence-corrected chi connectivity index (χ0v) is 13.6. The van der Waals surface area contributed by atoms with E-state index < -0.39 is 20.2 Å². The van der Waals surface area contributed by atoms with Gasteiger partial charge in [0, 0.05) is 18.0 Å². The number of nitrogens with two attached hydrogens (primary N) is 1. The highest BCUT2D eigenvalue weighted by Crippen LogP contribution is 2.35. The molecule has 10 heteroatoms. The molecule has 0 bridgehead atoms. The van der Waals surface area contributed by atoms with Crippen molar-refractivity contribution in [2.24, 2.45) is 10.1 Å². The molecule has 2 rings (SSSR count). The van der Waals surface area contributed by atoms with Crippen LogP contribution in [-0.2, 0) is 14.8 Å². The van der Waals surface area contributed by atoms with Crippen LogP contribution in [0.1, 0.15) is 5.56 Å². The number of rotatable bonds is 2. The zero-order valence-electron chi connectivity index (χ0n) is 9.73. The molecular weight excluding hydrogens is 393 g/mol. The Balaban J connectivity index is 2.82. The maximum atomic E-state index is 12.1. The maximum Gasteiger partial charge on any atom is 0.224 e. The highest BCUT2D eigenvalue weighted by Gasteiger charge is 2.46. The molecule has 1 aromatic rings. The van der Waals surface area contributed by atoms with Crippen molar-refractivity contribution in [1.82, 2.24) is 4.98 Å². The second-order valence-electron chi connectivity index (χ2n) is 4.08. The fraction of sp³-hybridized carbons (Fsp3) is 0.200. The minimum atomic E-state index is -4.19. The van der Waals surface area contributed by atoms with Crippen LogP contribution in [0.25, 0.3) is 0 Å². The molecule has 0 spiro atoms. The average molecular weight is 401 g/mol. The second kappa shape index (κ2) is 5.27. The molecule has 0 saturated carbocycles. The van der Waals surface area contributed by atoms with E-state index in [9.17, 15) is 13.2 Å². The van der Waals surface area contributed by atoms with Crippen LogP contribution in [0.4, 0.5) is 0 Å². The van der Waals surface area contributed by atoms with Gasteiger partial charge in [-0.1, -0.05) is 23.2 Å². The van der Waals surface area contributed by atoms with Gasteiger partial charge < -0.3 is 4.98 Å². The number of dihydropyridines is 1. The first-order valence-electron chi connectivity index (χ1n) is 5.17. The Bertz CT molecular complexity index is 787. The molecule has 0 fully saturated rings. The van der Waals surface area contributed by atoms with Gasteiger partial charge in [-0.2, -0.15) is 0 Å². The van der Waals surface area contributed by atoms with Gasteiger partial charge in [0.2, 0.25) is 15.5 Å². The number of primary sulfonamides is 1. The highest BCUT2D eigenvalue weighted by molar-refractivity contribution is 9.12. The summed E-state index contributed by atoms with van der Waals surface area (Å²) in [4.78, 5) is 18.6. The molecule has 1 unspecified atom stereocenters. The number of pyridine rings is 1. The monoisotopic (exact) mass is 399 g/mol. The van der Waals surface area contributed by atoms with E-state index in [2.05, 4.69) is 25.9 Å². The van der Waals surface area contributed by atoms with Crippen LogP contribution in [0, 0.1) is 0 Å². The Morgan fingerprint density at radius 2 is 2.05 bits per heavy atom. The molecule has 0 aromatic carbocycles. The van der Waals surface area contributed by atoms with E-state index in [1.807, 2.05) is 0 Å². The number of aromatic nitrogens is 1. The van der Waals surface area contributed by atoms with Crippen molar-refractivity contribution in [3.8, 4) is 0 Å². The molecule has 0 amide bonds. The number of aliphatic imine (C=N–C) groups is 1. The smallest absolute Gasteiger partial charge is 0.224 e. The summed E-state index contributed by atoms with van der Waals surface area (Å²) in [7, 11) is -4.19. The zero-order chi connectivity index (χ0) is 15.1. The Morgan fingerprint density at radius 1 is 1.40 bits per heavy atom. The average Bonchev–Trinajstić information content (AvgIpc) is 2.35. The van der Waals surface area contributed by atoms with E-state index in [0.29, 0.717) is 0 Å². The van der Waals surface area contributed by atoms with Crippen molar-refractivity contribution in [2.45, 2.75) is 4.75 Å². The van der Waals surface area contributed by atoms with Crippen molar-refractivity contribution in [3.05, 3.63) is 43.8 Å². The first kappa shape index (κ1) is 15.7. The van der Waals surface area contributed by atoms with Gasteiger partial charge in [-0.3, -0.25) is 9.79 Å². The fourth-order valence-corrected chi connectivity index (χ4v) is 3.76. The van der Waals surface area contributed by atoms with Crippen molar-refractivity contribution in [1.29, 1.82) is 0 Å². The highest BCUT2D eigenvalue weighted by atomic mass is 79.9. The van der Waals surface area contributed by atoms with E-state index in [-0.39, 0.29) is 26.8 Å². The summed E-state index contributed by atoms with van der Waals surface area (Å²) >= 11 is 14.6. The summed E-state index contributed by atoms with van der Waals surface area (Å²) in [6, 6.07) is 0. The van der Waals surface area contributed by atoms with Gasteiger partial charge in [0.1, 0.15) is 10.2 Å². The van der Waals surface area contributed by atoms with Crippen LogP contribution in [-0.4, -0.2) is 25.1 Å². The molecule has 1 atom stereocenters. The summed E-state index contributed by atoms with van der Waals surface area (Å²) in [5.74, 6) is 0. The van der Waals surface area contributed by atoms with Gasteiger partial charge in [0.05, 0.1) is 11.0 Å². The van der Waals surface area contributed by atoms with Crippen LogP contribution in [0.3, 0.4) is 0 Å². The minimum Gasteiger partial charge on any atom is -0.366 e. The molecule has 0 aliphatic carbocycles. The van der Waals surface area contributed by atoms with Crippen molar-refractivity contribution in [3.63, 3.8) is 0 Å². The molecule has 1 aromatic heterocycles. The summed E-state index contributed by atoms with van der Waals surface area (Å²) in [6.45, 7) is -0.302. The molecule has 0 radical (unpaired) electrons. The number of aromatic amines is 1.